The van der Waals surface area contributed by atoms with E-state index in [1.807, 2.05) is 0 Å². The van der Waals surface area contributed by atoms with Crippen LogP contribution in [0.15, 0.2) is 16.8 Å². The summed E-state index contributed by atoms with van der Waals surface area (Å²) >= 11 is -1.36. The molecule has 0 rings (SSSR count). The molecule has 0 bridgehead atoms. The number of hydrogen-bond acceptors (Lipinski definition) is 2. The molecular formula is C11H23InN2. The van der Waals surface area contributed by atoms with E-state index in [1.165, 1.54) is 5.70 Å². The van der Waals surface area contributed by atoms with Crippen LogP contribution in [0.4, 0.5) is 0 Å². The number of allylic oxidation sites excluding steroid dienone is 2. The average molecular weight is 298 g/mol. The molecule has 0 aliphatic heterocycles. The molecule has 0 amide bonds. The van der Waals surface area contributed by atoms with Crippen molar-refractivity contribution in [2.45, 2.75) is 37.1 Å². The molecule has 0 heterocycles. The van der Waals surface area contributed by atoms with Crippen molar-refractivity contribution in [3.05, 3.63) is 11.8 Å². The van der Waals surface area contributed by atoms with Crippen LogP contribution < -0.4 is 0 Å². The van der Waals surface area contributed by atoms with Crippen molar-refractivity contribution < 1.29 is 0 Å². The number of nitrogens with zero attached hydrogens (tertiary/aromatic N) is 2. The summed E-state index contributed by atoms with van der Waals surface area (Å²) in [4.78, 5) is 4.38. The van der Waals surface area contributed by atoms with Crippen molar-refractivity contribution in [2.24, 2.45) is 4.99 Å². The first-order chi connectivity index (χ1) is 6.52. The molecule has 0 aliphatic rings. The van der Waals surface area contributed by atoms with Crippen molar-refractivity contribution in [3.63, 3.8) is 0 Å². The maximum atomic E-state index is 4.38. The van der Waals surface area contributed by atoms with E-state index in [0.29, 0.717) is 0 Å². The van der Waals surface area contributed by atoms with Gasteiger partial charge in [0.15, 0.2) is 0 Å². The fourth-order valence-corrected chi connectivity index (χ4v) is 6.32. The second-order valence-corrected chi connectivity index (χ2v) is 11.8. The van der Waals surface area contributed by atoms with Crippen LogP contribution in [0.25, 0.3) is 0 Å². The monoisotopic (exact) mass is 298 g/mol. The first kappa shape index (κ1) is 14.1. The summed E-state index contributed by atoms with van der Waals surface area (Å²) in [5.74, 6) is 0. The van der Waals surface area contributed by atoms with Gasteiger partial charge in [0.05, 0.1) is 0 Å². The van der Waals surface area contributed by atoms with Crippen molar-refractivity contribution in [3.8, 4) is 0 Å². The molecule has 3 heteroatoms. The van der Waals surface area contributed by atoms with Crippen LogP contribution in [0.3, 0.4) is 0 Å². The van der Waals surface area contributed by atoms with Gasteiger partial charge >= 0.3 is 97.2 Å². The molecule has 0 saturated heterocycles. The van der Waals surface area contributed by atoms with Crippen molar-refractivity contribution in [1.82, 2.24) is 2.89 Å². The predicted molar refractivity (Wildman–Crippen MR) is 67.3 cm³/mol. The molecule has 14 heavy (non-hydrogen) atoms. The zero-order valence-corrected chi connectivity index (χ0v) is 13.8. The van der Waals surface area contributed by atoms with Gasteiger partial charge in [0.25, 0.3) is 0 Å². The third-order valence-corrected chi connectivity index (χ3v) is 8.01. The second-order valence-electron chi connectivity index (χ2n) is 3.78. The summed E-state index contributed by atoms with van der Waals surface area (Å²) in [6.07, 6.45) is 2.21. The maximum absolute atomic E-state index is 4.38. The van der Waals surface area contributed by atoms with Crippen LogP contribution in [0, 0.1) is 0 Å². The quantitative estimate of drug-likeness (QED) is 0.713. The van der Waals surface area contributed by atoms with Crippen LogP contribution in [-0.2, 0) is 0 Å². The molecule has 2 nitrogen and oxygen atoms in total. The molecule has 0 fully saturated rings. The topological polar surface area (TPSA) is 15.6 Å². The van der Waals surface area contributed by atoms with Gasteiger partial charge in [-0.2, -0.15) is 0 Å². The summed E-state index contributed by atoms with van der Waals surface area (Å²) in [7, 11) is 0. The molecule has 0 radical (unpaired) electrons. The Kier molecular flexibility index (Phi) is 7.42. The van der Waals surface area contributed by atoms with E-state index < -0.39 is 21.7 Å². The first-order valence-corrected chi connectivity index (χ1v) is 13.5. The Labute approximate surface area is 97.0 Å². The van der Waals surface area contributed by atoms with Gasteiger partial charge in [0.1, 0.15) is 0 Å². The number of rotatable bonds is 5. The van der Waals surface area contributed by atoms with E-state index in [4.69, 9.17) is 0 Å². The van der Waals surface area contributed by atoms with Crippen molar-refractivity contribution >= 4 is 27.4 Å². The van der Waals surface area contributed by atoms with Crippen LogP contribution in [0.1, 0.15) is 27.7 Å². The molecule has 0 aromatic rings. The Morgan fingerprint density at radius 2 is 1.86 bits per heavy atom. The van der Waals surface area contributed by atoms with Gasteiger partial charge in [-0.15, -0.1) is 0 Å². The Balaban J connectivity index is 4.56. The third-order valence-electron chi connectivity index (χ3n) is 2.24. The Bertz CT molecular complexity index is 219. The Hall–Kier alpha value is 0.0801. The summed E-state index contributed by atoms with van der Waals surface area (Å²) in [5, 5.41) is 0. The van der Waals surface area contributed by atoms with E-state index >= 15 is 0 Å². The summed E-state index contributed by atoms with van der Waals surface area (Å²) in [6, 6.07) is 0. The molecular weight excluding hydrogens is 275 g/mol. The van der Waals surface area contributed by atoms with E-state index in [0.717, 1.165) is 18.8 Å². The van der Waals surface area contributed by atoms with Gasteiger partial charge in [-0.1, -0.05) is 0 Å². The molecule has 0 N–H and O–H groups in total. The SMILES string of the molecule is CCN=C(C)/C=C(/C)[N](CC)[In]([CH3])[CH3]. The predicted octanol–water partition coefficient (Wildman–Crippen LogP) is 2.94. The summed E-state index contributed by atoms with van der Waals surface area (Å²) < 4.78 is 7.43. The Morgan fingerprint density at radius 1 is 1.29 bits per heavy atom. The molecule has 0 spiro atoms. The van der Waals surface area contributed by atoms with Gasteiger partial charge in [-0.05, 0) is 0 Å². The number of aliphatic imine (C=N–C) groups is 1. The minimum absolute atomic E-state index is 0.882. The van der Waals surface area contributed by atoms with E-state index in [2.05, 4.69) is 51.0 Å². The van der Waals surface area contributed by atoms with Gasteiger partial charge in [-0.25, -0.2) is 0 Å². The normalized spacial score (nSPS) is 13.0. The van der Waals surface area contributed by atoms with Crippen LogP contribution in [-0.4, -0.2) is 43.4 Å². The second kappa shape index (κ2) is 7.38. The van der Waals surface area contributed by atoms with Gasteiger partial charge in [0.2, 0.25) is 0 Å². The van der Waals surface area contributed by atoms with Gasteiger partial charge in [0, 0.05) is 0 Å². The molecule has 0 saturated carbocycles. The first-order valence-electron chi connectivity index (χ1n) is 5.48. The van der Waals surface area contributed by atoms with Gasteiger partial charge in [-0.3, -0.25) is 0 Å². The van der Waals surface area contributed by atoms with Crippen molar-refractivity contribution in [2.75, 3.05) is 13.1 Å². The molecule has 0 aliphatic carbocycles. The minimum atomic E-state index is -1.36. The standard InChI is InChI=1S/C9H17N2.2CH3.In/c1-5-10-8(3)7-9(4)11-6-2;;;/h7H,5-6H2,1-4H3;2*1H3;/q-1;;;+1/b8-7-,11-9?;;;. The van der Waals surface area contributed by atoms with E-state index in [1.54, 1.807) is 0 Å². The molecule has 80 valence electrons. The van der Waals surface area contributed by atoms with Crippen molar-refractivity contribution in [1.29, 1.82) is 0 Å². The zero-order valence-electron chi connectivity index (χ0n) is 10.5. The molecule has 0 unspecified atom stereocenters. The number of hydrogen-bond donors (Lipinski definition) is 0. The zero-order chi connectivity index (χ0) is 11.1. The summed E-state index contributed by atoms with van der Waals surface area (Å²) in [6.45, 7) is 10.6. The van der Waals surface area contributed by atoms with Crippen LogP contribution in [0.2, 0.25) is 9.36 Å². The molecule has 0 aromatic heterocycles. The van der Waals surface area contributed by atoms with Crippen LogP contribution in [0.5, 0.6) is 0 Å². The molecule has 0 atom stereocenters. The van der Waals surface area contributed by atoms with Crippen LogP contribution >= 0.6 is 0 Å². The van der Waals surface area contributed by atoms with Gasteiger partial charge < -0.3 is 0 Å². The summed E-state index contributed by atoms with van der Waals surface area (Å²) in [5.41, 5.74) is 2.54. The fourth-order valence-electron chi connectivity index (χ4n) is 1.70. The average Bonchev–Trinajstić information content (AvgIpc) is 2.04. The molecule has 0 aromatic carbocycles. The van der Waals surface area contributed by atoms with E-state index in [-0.39, 0.29) is 0 Å². The Morgan fingerprint density at radius 3 is 2.21 bits per heavy atom. The fraction of sp³-hybridized carbons (Fsp3) is 0.727. The third kappa shape index (κ3) is 5.08. The van der Waals surface area contributed by atoms with E-state index in [9.17, 15) is 0 Å².